The smallest absolute Gasteiger partial charge is 0.161 e. The molecule has 2 aromatic rings. The van der Waals surface area contributed by atoms with Gasteiger partial charge in [0.15, 0.2) is 11.9 Å². The predicted octanol–water partition coefficient (Wildman–Crippen LogP) is 2.04. The van der Waals surface area contributed by atoms with Crippen LogP contribution in [-0.4, -0.2) is 50.9 Å². The quantitative estimate of drug-likeness (QED) is 0.628. The maximum absolute atomic E-state index is 5.71. The number of ether oxygens (including phenoxy) is 1. The Labute approximate surface area is 127 Å². The predicted molar refractivity (Wildman–Crippen MR) is 69.4 cm³/mol. The molecule has 6 heteroatoms. The second-order valence-corrected chi connectivity index (χ2v) is 4.46. The molecule has 17 heavy (non-hydrogen) atoms. The molecule has 0 N–H and O–H groups in total. The molecule has 3 rings (SSSR count). The number of fused-ring (bicyclic) bond motifs is 1. The van der Waals surface area contributed by atoms with Crippen LogP contribution in [0.5, 0.6) is 0 Å². The molecular formula is C11H13N3NaOS. The monoisotopic (exact) mass is 258 g/mol. The summed E-state index contributed by atoms with van der Waals surface area (Å²) in [5, 5.41) is 5.35. The third-order valence-corrected chi connectivity index (χ3v) is 3.29. The second kappa shape index (κ2) is 5.71. The fourth-order valence-corrected chi connectivity index (χ4v) is 2.29. The Morgan fingerprint density at radius 1 is 1.41 bits per heavy atom. The Morgan fingerprint density at radius 2 is 2.29 bits per heavy atom. The molecule has 1 aliphatic heterocycles. The van der Waals surface area contributed by atoms with Crippen LogP contribution in [0.4, 0.5) is 0 Å². The van der Waals surface area contributed by atoms with Crippen LogP contribution in [0, 0.1) is 0 Å². The topological polar surface area (TPSA) is 39.9 Å². The van der Waals surface area contributed by atoms with Crippen molar-refractivity contribution in [3.05, 3.63) is 18.5 Å². The molecule has 2 aromatic heterocycles. The van der Waals surface area contributed by atoms with Crippen molar-refractivity contribution in [3.63, 3.8) is 0 Å². The summed E-state index contributed by atoms with van der Waals surface area (Å²) in [6.07, 6.45) is 6.94. The van der Waals surface area contributed by atoms with Gasteiger partial charge < -0.3 is 4.74 Å². The van der Waals surface area contributed by atoms with Crippen LogP contribution < -0.4 is 0 Å². The van der Waals surface area contributed by atoms with E-state index < -0.39 is 0 Å². The summed E-state index contributed by atoms with van der Waals surface area (Å²) in [6.45, 7) is 0.812. The minimum atomic E-state index is 0. The number of hydrogen-bond acceptors (Lipinski definition) is 4. The van der Waals surface area contributed by atoms with Crippen molar-refractivity contribution < 1.29 is 4.74 Å². The molecular weight excluding hydrogens is 245 g/mol. The van der Waals surface area contributed by atoms with E-state index in [4.69, 9.17) is 4.74 Å². The largest absolute Gasteiger partial charge is 0.356 e. The van der Waals surface area contributed by atoms with E-state index in [2.05, 4.69) is 22.7 Å². The van der Waals surface area contributed by atoms with E-state index in [0.29, 0.717) is 0 Å². The number of hydrogen-bond donors (Lipinski definition) is 1. The molecule has 0 amide bonds. The Hall–Kier alpha value is -0.0700. The van der Waals surface area contributed by atoms with Crippen LogP contribution in [0.15, 0.2) is 23.4 Å². The Kier molecular flexibility index (Phi) is 4.49. The van der Waals surface area contributed by atoms with Crippen LogP contribution in [0.2, 0.25) is 0 Å². The molecule has 0 saturated carbocycles. The van der Waals surface area contributed by atoms with Gasteiger partial charge in [-0.15, -0.1) is 12.6 Å². The number of pyridine rings is 1. The van der Waals surface area contributed by atoms with E-state index in [1.165, 1.54) is 6.42 Å². The summed E-state index contributed by atoms with van der Waals surface area (Å²) >= 11 is 4.39. The van der Waals surface area contributed by atoms with Gasteiger partial charge in [0.25, 0.3) is 0 Å². The van der Waals surface area contributed by atoms with E-state index in [1.54, 1.807) is 6.20 Å². The zero-order chi connectivity index (χ0) is 11.0. The van der Waals surface area contributed by atoms with Crippen molar-refractivity contribution >= 4 is 53.2 Å². The number of thiol groups is 1. The first-order valence-electron chi connectivity index (χ1n) is 5.49. The summed E-state index contributed by atoms with van der Waals surface area (Å²) in [6, 6.07) is 1.87. The third-order valence-electron chi connectivity index (χ3n) is 2.90. The first kappa shape index (κ1) is 13.4. The SMILES string of the molecule is Sc1ccnc2c1cnn2C1CCCCO1.[Na]. The van der Waals surface area contributed by atoms with Crippen LogP contribution in [0.1, 0.15) is 25.5 Å². The van der Waals surface area contributed by atoms with Crippen molar-refractivity contribution in [2.24, 2.45) is 0 Å². The molecule has 0 spiro atoms. The van der Waals surface area contributed by atoms with Gasteiger partial charge in [-0.1, -0.05) is 0 Å². The van der Waals surface area contributed by atoms with Gasteiger partial charge >= 0.3 is 0 Å². The normalized spacial score (nSPS) is 20.2. The van der Waals surface area contributed by atoms with Crippen molar-refractivity contribution in [3.8, 4) is 0 Å². The molecule has 1 atom stereocenters. The Bertz CT molecular complexity index is 510. The van der Waals surface area contributed by atoms with E-state index in [9.17, 15) is 0 Å². The van der Waals surface area contributed by atoms with Gasteiger partial charge in [0.2, 0.25) is 0 Å². The van der Waals surface area contributed by atoms with Gasteiger partial charge in [0.05, 0.1) is 11.6 Å². The maximum Gasteiger partial charge on any atom is 0.161 e. The number of nitrogens with zero attached hydrogens (tertiary/aromatic N) is 3. The zero-order valence-electron chi connectivity index (χ0n) is 9.83. The molecule has 3 heterocycles. The average molecular weight is 258 g/mol. The van der Waals surface area contributed by atoms with Crippen molar-refractivity contribution in [1.82, 2.24) is 14.8 Å². The van der Waals surface area contributed by atoms with E-state index in [0.717, 1.165) is 35.4 Å². The number of aromatic nitrogens is 3. The Morgan fingerprint density at radius 3 is 3.06 bits per heavy atom. The van der Waals surface area contributed by atoms with Gasteiger partial charge in [-0.05, 0) is 25.3 Å². The van der Waals surface area contributed by atoms with E-state index in [-0.39, 0.29) is 35.8 Å². The van der Waals surface area contributed by atoms with Crippen molar-refractivity contribution in [2.75, 3.05) is 6.61 Å². The van der Waals surface area contributed by atoms with Gasteiger partial charge in [0.1, 0.15) is 0 Å². The van der Waals surface area contributed by atoms with Gasteiger partial charge in [-0.2, -0.15) is 5.10 Å². The summed E-state index contributed by atoms with van der Waals surface area (Å²) in [4.78, 5) is 5.26. The van der Waals surface area contributed by atoms with E-state index >= 15 is 0 Å². The molecule has 0 aromatic carbocycles. The summed E-state index contributed by atoms with van der Waals surface area (Å²) < 4.78 is 7.58. The van der Waals surface area contributed by atoms with Crippen LogP contribution in [0.3, 0.4) is 0 Å². The molecule has 0 aliphatic carbocycles. The minimum absolute atomic E-state index is 0. The van der Waals surface area contributed by atoms with Crippen LogP contribution >= 0.6 is 12.6 Å². The maximum atomic E-state index is 5.71. The first-order valence-corrected chi connectivity index (χ1v) is 5.94. The molecule has 0 bridgehead atoms. The molecule has 85 valence electrons. The molecule has 1 fully saturated rings. The van der Waals surface area contributed by atoms with Crippen molar-refractivity contribution in [1.29, 1.82) is 0 Å². The average Bonchev–Trinajstić information content (AvgIpc) is 2.75. The number of rotatable bonds is 1. The second-order valence-electron chi connectivity index (χ2n) is 3.98. The fourth-order valence-electron chi connectivity index (χ4n) is 2.06. The summed E-state index contributed by atoms with van der Waals surface area (Å²) in [5.41, 5.74) is 0.861. The van der Waals surface area contributed by atoms with Crippen LogP contribution in [-0.2, 0) is 4.74 Å². The molecule has 1 saturated heterocycles. The fraction of sp³-hybridized carbons (Fsp3) is 0.455. The summed E-state index contributed by atoms with van der Waals surface area (Å²) in [5.74, 6) is 0. The molecule has 1 radical (unpaired) electrons. The minimum Gasteiger partial charge on any atom is -0.356 e. The zero-order valence-corrected chi connectivity index (χ0v) is 12.7. The molecule has 1 aliphatic rings. The van der Waals surface area contributed by atoms with Crippen LogP contribution in [0.25, 0.3) is 11.0 Å². The summed E-state index contributed by atoms with van der Waals surface area (Å²) in [7, 11) is 0. The van der Waals surface area contributed by atoms with Gasteiger partial charge in [-0.3, -0.25) is 0 Å². The van der Waals surface area contributed by atoms with Gasteiger partial charge in [0, 0.05) is 47.3 Å². The first-order chi connectivity index (χ1) is 7.86. The molecule has 4 nitrogen and oxygen atoms in total. The third kappa shape index (κ3) is 2.53. The van der Waals surface area contributed by atoms with E-state index in [1.807, 2.05) is 16.9 Å². The van der Waals surface area contributed by atoms with Gasteiger partial charge in [-0.25, -0.2) is 9.67 Å². The molecule has 1 unspecified atom stereocenters. The standard InChI is InChI=1S/C11H13N3OS.Na/c16-9-4-5-12-11-8(9)7-13-14(11)10-3-1-2-6-15-10;/h4-5,7,10H,1-3,6H2,(H,12,16);. The van der Waals surface area contributed by atoms with Crippen molar-refractivity contribution in [2.45, 2.75) is 30.4 Å². The Balaban J connectivity index is 0.00000108.